The van der Waals surface area contributed by atoms with Crippen molar-refractivity contribution in [2.75, 3.05) is 0 Å². The lowest BCUT2D eigenvalue weighted by Gasteiger charge is -2.23. The molecule has 0 unspecified atom stereocenters. The molecule has 0 aliphatic heterocycles. The molecule has 0 aliphatic rings. The molecule has 2 nitrogen and oxygen atoms in total. The third-order valence-electron chi connectivity index (χ3n) is 14.9. The van der Waals surface area contributed by atoms with Crippen molar-refractivity contribution in [2.24, 2.45) is 0 Å². The summed E-state index contributed by atoms with van der Waals surface area (Å²) < 4.78 is 0. The van der Waals surface area contributed by atoms with Crippen molar-refractivity contribution >= 4 is 11.6 Å². The lowest BCUT2D eigenvalue weighted by atomic mass is 9.78. The maximum atomic E-state index is 15.4. The maximum Gasteiger partial charge on any atom is 0.194 e. The van der Waals surface area contributed by atoms with Gasteiger partial charge in [0.15, 0.2) is 11.6 Å². The average Bonchev–Trinajstić information content (AvgIpc) is 3.40. The number of hydrogen-bond donors (Lipinski definition) is 0. The van der Waals surface area contributed by atoms with E-state index in [-0.39, 0.29) is 11.6 Å². The van der Waals surface area contributed by atoms with Crippen molar-refractivity contribution in [3.05, 3.63) is 155 Å². The van der Waals surface area contributed by atoms with Crippen LogP contribution in [0.2, 0.25) is 0 Å². The molecule has 0 N–H and O–H groups in total. The molecule has 0 aliphatic carbocycles. The summed E-state index contributed by atoms with van der Waals surface area (Å²) >= 11 is 0. The molecule has 0 fully saturated rings. The third kappa shape index (κ3) is 20.3. The van der Waals surface area contributed by atoms with E-state index in [4.69, 9.17) is 0 Å². The molecule has 0 bridgehead atoms. The molecule has 378 valence electrons. The molecule has 0 aromatic heterocycles. The third-order valence-corrected chi connectivity index (χ3v) is 14.9. The van der Waals surface area contributed by atoms with E-state index in [1.54, 1.807) is 0 Å². The van der Waals surface area contributed by atoms with Crippen molar-refractivity contribution in [3.8, 4) is 22.3 Å². The Balaban J connectivity index is 1.34. The van der Waals surface area contributed by atoms with Crippen molar-refractivity contribution in [3.63, 3.8) is 0 Å². The van der Waals surface area contributed by atoms with E-state index < -0.39 is 0 Å². The number of aryl methyl sites for hydroxylation is 1. The van der Waals surface area contributed by atoms with Gasteiger partial charge in [0.1, 0.15) is 0 Å². The topological polar surface area (TPSA) is 34.1 Å². The van der Waals surface area contributed by atoms with Crippen LogP contribution in [0.4, 0.5) is 0 Å². The van der Waals surface area contributed by atoms with Crippen molar-refractivity contribution in [1.82, 2.24) is 0 Å². The minimum atomic E-state index is -0.0834. The first-order valence-electron chi connectivity index (χ1n) is 29.2. The maximum absolute atomic E-state index is 15.4. The Bertz CT molecular complexity index is 2130. The molecule has 0 saturated carbocycles. The van der Waals surface area contributed by atoms with Crippen molar-refractivity contribution in [1.29, 1.82) is 0 Å². The number of hydrogen-bond acceptors (Lipinski definition) is 2. The Hall–Kier alpha value is -4.56. The fourth-order valence-electron chi connectivity index (χ4n) is 10.8. The Morgan fingerprint density at radius 3 is 1.01 bits per heavy atom. The minimum Gasteiger partial charge on any atom is -0.289 e. The fraction of sp³-hybridized carbons (Fsp3) is 0.529. The largest absolute Gasteiger partial charge is 0.289 e. The summed E-state index contributed by atoms with van der Waals surface area (Å²) in [5.74, 6) is -0.126. The highest BCUT2D eigenvalue weighted by Gasteiger charge is 2.30. The van der Waals surface area contributed by atoms with E-state index in [9.17, 15) is 0 Å². The number of ketones is 2. The van der Waals surface area contributed by atoms with Gasteiger partial charge in [-0.3, -0.25) is 9.59 Å². The van der Waals surface area contributed by atoms with E-state index in [2.05, 4.69) is 74.5 Å². The second-order valence-electron chi connectivity index (χ2n) is 20.7. The Labute approximate surface area is 428 Å². The predicted molar refractivity (Wildman–Crippen MR) is 304 cm³/mol. The van der Waals surface area contributed by atoms with Gasteiger partial charge in [0, 0.05) is 22.3 Å². The van der Waals surface area contributed by atoms with E-state index in [0.717, 1.165) is 59.9 Å². The zero-order chi connectivity index (χ0) is 49.1. The Morgan fingerprint density at radius 2 is 0.614 bits per heavy atom. The molecule has 0 radical (unpaired) electrons. The highest BCUT2D eigenvalue weighted by Crippen LogP contribution is 2.40. The normalized spacial score (nSPS) is 11.3. The zero-order valence-electron chi connectivity index (χ0n) is 44.4. The quantitative estimate of drug-likeness (QED) is 0.0290. The molecule has 5 aromatic rings. The molecule has 0 heterocycles. The van der Waals surface area contributed by atoms with E-state index in [1.807, 2.05) is 60.7 Å². The lowest BCUT2D eigenvalue weighted by molar-refractivity contribution is 0.100. The standard InChI is InChI=1S/C68H94O2/c1-3-5-7-9-11-13-15-17-19-21-23-25-27-29-31-36-52-60-56-64(63-55-45-44-53-61(63)57-46-37-33-38-47-57)66(68(70)59-50-41-35-42-51-59)65(67(69)58-48-39-34-40-49-58)62(60)54-43-32-30-28-26-24-22-20-18-16-14-12-10-8-6-4-2/h33-35,37-42,44-51,53,55-56H,3-32,36,43,52,54H2,1-2H3. The molecular formula is C68H94O2. The first-order chi connectivity index (χ1) is 34.6. The van der Waals surface area contributed by atoms with Crippen LogP contribution in [0.15, 0.2) is 121 Å². The molecule has 5 aromatic carbocycles. The van der Waals surface area contributed by atoms with Gasteiger partial charge in [0.2, 0.25) is 0 Å². The first-order valence-corrected chi connectivity index (χ1v) is 29.2. The van der Waals surface area contributed by atoms with Crippen LogP contribution in [-0.4, -0.2) is 11.6 Å². The van der Waals surface area contributed by atoms with Crippen LogP contribution in [0.25, 0.3) is 22.3 Å². The predicted octanol–water partition coefficient (Wildman–Crippen LogP) is 21.1. The molecule has 0 saturated heterocycles. The van der Waals surface area contributed by atoms with Gasteiger partial charge in [-0.2, -0.15) is 0 Å². The number of unbranched alkanes of at least 4 members (excludes halogenated alkanes) is 30. The molecule has 70 heavy (non-hydrogen) atoms. The number of carbonyl (C=O) groups is 2. The van der Waals surface area contributed by atoms with Crippen LogP contribution in [0.1, 0.15) is 262 Å². The molecule has 0 amide bonds. The summed E-state index contributed by atoms with van der Waals surface area (Å²) in [6, 6.07) is 40.7. The summed E-state index contributed by atoms with van der Waals surface area (Å²) in [4.78, 5) is 30.7. The lowest BCUT2D eigenvalue weighted by Crippen LogP contribution is -2.18. The summed E-state index contributed by atoms with van der Waals surface area (Å²) in [5, 5.41) is 0. The van der Waals surface area contributed by atoms with Crippen LogP contribution in [0, 0.1) is 0 Å². The van der Waals surface area contributed by atoms with Gasteiger partial charge in [-0.1, -0.05) is 328 Å². The number of benzene rings is 5. The van der Waals surface area contributed by atoms with Gasteiger partial charge in [-0.15, -0.1) is 0 Å². The molecule has 5 rings (SSSR count). The van der Waals surface area contributed by atoms with Crippen LogP contribution < -0.4 is 0 Å². The van der Waals surface area contributed by atoms with Gasteiger partial charge >= 0.3 is 0 Å². The average molecular weight is 943 g/mol. The smallest absolute Gasteiger partial charge is 0.194 e. The van der Waals surface area contributed by atoms with Gasteiger partial charge < -0.3 is 0 Å². The van der Waals surface area contributed by atoms with Gasteiger partial charge in [-0.25, -0.2) is 0 Å². The fourth-order valence-corrected chi connectivity index (χ4v) is 10.8. The van der Waals surface area contributed by atoms with Crippen LogP contribution in [-0.2, 0) is 12.8 Å². The molecule has 2 heteroatoms. The van der Waals surface area contributed by atoms with Crippen LogP contribution in [0.3, 0.4) is 0 Å². The van der Waals surface area contributed by atoms with E-state index in [1.165, 1.54) is 192 Å². The van der Waals surface area contributed by atoms with E-state index in [0.29, 0.717) is 22.3 Å². The Kier molecular flexibility index (Phi) is 28.6. The zero-order valence-corrected chi connectivity index (χ0v) is 44.4. The molecule has 0 spiro atoms. The van der Waals surface area contributed by atoms with E-state index >= 15 is 9.59 Å². The van der Waals surface area contributed by atoms with Gasteiger partial charge in [0.25, 0.3) is 0 Å². The highest BCUT2D eigenvalue weighted by atomic mass is 16.1. The summed E-state index contributed by atoms with van der Waals surface area (Å²) in [5.41, 5.74) is 8.80. The molecule has 0 atom stereocenters. The van der Waals surface area contributed by atoms with Crippen molar-refractivity contribution < 1.29 is 9.59 Å². The monoisotopic (exact) mass is 943 g/mol. The summed E-state index contributed by atoms with van der Waals surface area (Å²) in [6.07, 6.45) is 44.4. The Morgan fingerprint density at radius 1 is 0.300 bits per heavy atom. The second-order valence-corrected chi connectivity index (χ2v) is 20.7. The number of rotatable bonds is 40. The summed E-state index contributed by atoms with van der Waals surface area (Å²) in [7, 11) is 0. The first kappa shape index (κ1) is 56.4. The van der Waals surface area contributed by atoms with Crippen LogP contribution >= 0.6 is 0 Å². The second kappa shape index (κ2) is 35.5. The highest BCUT2D eigenvalue weighted by molar-refractivity contribution is 6.23. The van der Waals surface area contributed by atoms with Gasteiger partial charge in [0.05, 0.1) is 0 Å². The number of carbonyl (C=O) groups excluding carboxylic acids is 2. The molecular weight excluding hydrogens is 849 g/mol. The van der Waals surface area contributed by atoms with Crippen molar-refractivity contribution in [2.45, 2.75) is 232 Å². The SMILES string of the molecule is CCCCCCCCCCCCCCCCCCc1cc(-c2ccccc2-c2ccccc2)c(C(=O)c2ccccc2)c(C(=O)c2ccccc2)c1CCCCCCCCCCCCCCCCCC. The van der Waals surface area contributed by atoms with Gasteiger partial charge in [-0.05, 0) is 59.1 Å². The minimum absolute atomic E-state index is 0.0429. The summed E-state index contributed by atoms with van der Waals surface area (Å²) in [6.45, 7) is 4.59. The van der Waals surface area contributed by atoms with Crippen LogP contribution in [0.5, 0.6) is 0 Å².